The topological polar surface area (TPSA) is 87.7 Å². The minimum absolute atomic E-state index is 0.0286. The summed E-state index contributed by atoms with van der Waals surface area (Å²) in [5.41, 5.74) is 0.930. The molecule has 9 heteroatoms. The van der Waals surface area contributed by atoms with Gasteiger partial charge in [0.1, 0.15) is 16.5 Å². The standard InChI is InChI=1S/C17H19N5O3S/c23-13-3-5-22(17(24)19-11-15-18-4-10-26-15)12-1-2-14(20-16(12)13)21-6-8-25-9-7-21/h1-2,4,10H,3,5-9,11H2,(H,19,24). The lowest BCUT2D eigenvalue weighted by molar-refractivity contribution is 0.0976. The number of pyridine rings is 1. The number of urea groups is 1. The predicted octanol–water partition coefficient (Wildman–Crippen LogP) is 1.68. The van der Waals surface area contributed by atoms with E-state index in [1.165, 1.54) is 11.3 Å². The number of nitrogens with one attached hydrogen (secondary N) is 1. The van der Waals surface area contributed by atoms with Crippen molar-refractivity contribution in [1.29, 1.82) is 0 Å². The zero-order chi connectivity index (χ0) is 17.9. The molecule has 0 aromatic carbocycles. The van der Waals surface area contributed by atoms with Crippen molar-refractivity contribution < 1.29 is 14.3 Å². The van der Waals surface area contributed by atoms with Crippen LogP contribution in [0.5, 0.6) is 0 Å². The zero-order valence-electron chi connectivity index (χ0n) is 14.2. The lowest BCUT2D eigenvalue weighted by atomic mass is 10.1. The van der Waals surface area contributed by atoms with Gasteiger partial charge in [-0.15, -0.1) is 11.3 Å². The van der Waals surface area contributed by atoms with E-state index in [9.17, 15) is 9.59 Å². The number of ether oxygens (including phenoxy) is 1. The van der Waals surface area contributed by atoms with Gasteiger partial charge in [-0.3, -0.25) is 9.69 Å². The molecule has 2 aromatic heterocycles. The predicted molar refractivity (Wildman–Crippen MR) is 97.9 cm³/mol. The van der Waals surface area contributed by atoms with E-state index in [-0.39, 0.29) is 18.2 Å². The van der Waals surface area contributed by atoms with E-state index in [4.69, 9.17) is 4.74 Å². The van der Waals surface area contributed by atoms with Gasteiger partial charge in [0.25, 0.3) is 0 Å². The van der Waals surface area contributed by atoms with Gasteiger partial charge in [0, 0.05) is 37.6 Å². The molecule has 136 valence electrons. The number of anilines is 2. The third kappa shape index (κ3) is 3.40. The Bertz CT molecular complexity index is 805. The SMILES string of the molecule is O=C1CCN(C(=O)NCc2nccs2)c2ccc(N3CCOCC3)nc21. The summed E-state index contributed by atoms with van der Waals surface area (Å²) in [4.78, 5) is 37.3. The maximum Gasteiger partial charge on any atom is 0.322 e. The average molecular weight is 373 g/mol. The summed E-state index contributed by atoms with van der Waals surface area (Å²) in [6.45, 7) is 3.52. The Morgan fingerprint density at radius 2 is 2.12 bits per heavy atom. The second-order valence-corrected chi connectivity index (χ2v) is 7.03. The Morgan fingerprint density at radius 3 is 2.88 bits per heavy atom. The molecule has 4 heterocycles. The minimum atomic E-state index is -0.241. The highest BCUT2D eigenvalue weighted by atomic mass is 32.1. The number of nitrogens with zero attached hydrogens (tertiary/aromatic N) is 4. The summed E-state index contributed by atoms with van der Waals surface area (Å²) in [6.07, 6.45) is 1.98. The van der Waals surface area contributed by atoms with Crippen molar-refractivity contribution in [1.82, 2.24) is 15.3 Å². The first kappa shape index (κ1) is 16.9. The van der Waals surface area contributed by atoms with Gasteiger partial charge >= 0.3 is 6.03 Å². The fourth-order valence-electron chi connectivity index (χ4n) is 3.08. The van der Waals surface area contributed by atoms with Gasteiger partial charge in [0.2, 0.25) is 0 Å². The van der Waals surface area contributed by atoms with Crippen LogP contribution in [0.4, 0.5) is 16.3 Å². The van der Waals surface area contributed by atoms with Gasteiger partial charge in [0.15, 0.2) is 5.78 Å². The van der Waals surface area contributed by atoms with Crippen LogP contribution < -0.4 is 15.1 Å². The molecule has 0 radical (unpaired) electrons. The van der Waals surface area contributed by atoms with E-state index in [2.05, 4.69) is 20.2 Å². The normalized spacial score (nSPS) is 17.2. The molecule has 1 fully saturated rings. The quantitative estimate of drug-likeness (QED) is 0.881. The largest absolute Gasteiger partial charge is 0.378 e. The first-order valence-electron chi connectivity index (χ1n) is 8.53. The third-order valence-electron chi connectivity index (χ3n) is 4.43. The summed E-state index contributed by atoms with van der Waals surface area (Å²) in [7, 11) is 0. The van der Waals surface area contributed by atoms with Crippen LogP contribution in [0.3, 0.4) is 0 Å². The number of morpholine rings is 1. The highest BCUT2D eigenvalue weighted by Crippen LogP contribution is 2.28. The molecule has 2 amide bonds. The number of thiazole rings is 1. The molecule has 0 spiro atoms. The van der Waals surface area contributed by atoms with Crippen molar-refractivity contribution in [2.45, 2.75) is 13.0 Å². The van der Waals surface area contributed by atoms with Gasteiger partial charge in [-0.05, 0) is 12.1 Å². The number of carbonyl (C=O) groups excluding carboxylic acids is 2. The molecule has 8 nitrogen and oxygen atoms in total. The molecular weight excluding hydrogens is 354 g/mol. The Labute approximate surface area is 154 Å². The molecule has 4 rings (SSSR count). The fraction of sp³-hybridized carbons (Fsp3) is 0.412. The van der Waals surface area contributed by atoms with Crippen LogP contribution in [-0.2, 0) is 11.3 Å². The van der Waals surface area contributed by atoms with Crippen LogP contribution >= 0.6 is 11.3 Å². The van der Waals surface area contributed by atoms with E-state index in [1.54, 1.807) is 11.1 Å². The van der Waals surface area contributed by atoms with Crippen molar-refractivity contribution in [2.75, 3.05) is 42.6 Å². The van der Waals surface area contributed by atoms with E-state index < -0.39 is 0 Å². The number of Topliss-reactive ketones (excluding diaryl/α,β-unsaturated/α-hetero) is 1. The summed E-state index contributed by atoms with van der Waals surface area (Å²) < 4.78 is 5.36. The minimum Gasteiger partial charge on any atom is -0.378 e. The lowest BCUT2D eigenvalue weighted by Crippen LogP contribution is -2.44. The van der Waals surface area contributed by atoms with E-state index >= 15 is 0 Å². The summed E-state index contributed by atoms with van der Waals surface area (Å²) in [5.74, 6) is 0.726. The molecular formula is C17H19N5O3S. The fourth-order valence-corrected chi connectivity index (χ4v) is 3.64. The third-order valence-corrected chi connectivity index (χ3v) is 5.21. The van der Waals surface area contributed by atoms with E-state index in [0.29, 0.717) is 37.7 Å². The molecule has 2 aromatic rings. The number of hydrogen-bond acceptors (Lipinski definition) is 7. The van der Waals surface area contributed by atoms with Gasteiger partial charge in [0.05, 0.1) is 25.4 Å². The molecule has 1 N–H and O–H groups in total. The second kappa shape index (κ2) is 7.38. The summed E-state index contributed by atoms with van der Waals surface area (Å²) >= 11 is 1.49. The molecule has 26 heavy (non-hydrogen) atoms. The number of fused-ring (bicyclic) bond motifs is 1. The number of hydrogen-bond donors (Lipinski definition) is 1. The number of aromatic nitrogens is 2. The summed E-state index contributed by atoms with van der Waals surface area (Å²) in [5, 5.41) is 5.57. The maximum atomic E-state index is 12.6. The van der Waals surface area contributed by atoms with Crippen LogP contribution in [-0.4, -0.2) is 54.6 Å². The monoisotopic (exact) mass is 373 g/mol. The van der Waals surface area contributed by atoms with Crippen molar-refractivity contribution in [2.24, 2.45) is 0 Å². The number of amides is 2. The molecule has 0 bridgehead atoms. The van der Waals surface area contributed by atoms with Crippen LogP contribution in [0.1, 0.15) is 21.9 Å². The molecule has 2 aliphatic rings. The molecule has 0 atom stereocenters. The van der Waals surface area contributed by atoms with Crippen molar-refractivity contribution in [3.63, 3.8) is 0 Å². The van der Waals surface area contributed by atoms with Crippen molar-refractivity contribution in [3.8, 4) is 0 Å². The first-order valence-corrected chi connectivity index (χ1v) is 9.41. The molecule has 0 saturated carbocycles. The van der Waals surface area contributed by atoms with Crippen LogP contribution in [0.25, 0.3) is 0 Å². The van der Waals surface area contributed by atoms with Gasteiger partial charge < -0.3 is 15.0 Å². The number of ketones is 1. The molecule has 2 aliphatic heterocycles. The van der Waals surface area contributed by atoms with Crippen molar-refractivity contribution in [3.05, 3.63) is 34.4 Å². The number of carbonyl (C=O) groups is 2. The average Bonchev–Trinajstić information content (AvgIpc) is 3.21. The van der Waals surface area contributed by atoms with Gasteiger partial charge in [-0.1, -0.05) is 0 Å². The Balaban J connectivity index is 1.53. The highest BCUT2D eigenvalue weighted by molar-refractivity contribution is 7.09. The van der Waals surface area contributed by atoms with Crippen LogP contribution in [0.15, 0.2) is 23.7 Å². The van der Waals surface area contributed by atoms with Crippen molar-refractivity contribution >= 4 is 34.7 Å². The zero-order valence-corrected chi connectivity index (χ0v) is 15.0. The second-order valence-electron chi connectivity index (χ2n) is 6.05. The summed E-state index contributed by atoms with van der Waals surface area (Å²) in [6, 6.07) is 3.44. The highest BCUT2D eigenvalue weighted by Gasteiger charge is 2.29. The van der Waals surface area contributed by atoms with E-state index in [0.717, 1.165) is 23.9 Å². The molecule has 0 unspecified atom stereocenters. The lowest BCUT2D eigenvalue weighted by Gasteiger charge is -2.31. The van der Waals surface area contributed by atoms with Gasteiger partial charge in [-0.2, -0.15) is 0 Å². The molecule has 1 saturated heterocycles. The Kier molecular flexibility index (Phi) is 4.81. The number of rotatable bonds is 3. The Morgan fingerprint density at radius 1 is 1.27 bits per heavy atom. The molecule has 0 aliphatic carbocycles. The smallest absolute Gasteiger partial charge is 0.322 e. The Hall–Kier alpha value is -2.52. The maximum absolute atomic E-state index is 12.6. The van der Waals surface area contributed by atoms with Crippen LogP contribution in [0.2, 0.25) is 0 Å². The van der Waals surface area contributed by atoms with Crippen LogP contribution in [0, 0.1) is 0 Å². The van der Waals surface area contributed by atoms with Gasteiger partial charge in [-0.25, -0.2) is 14.8 Å². The first-order chi connectivity index (χ1) is 12.7. The van der Waals surface area contributed by atoms with E-state index in [1.807, 2.05) is 17.5 Å².